The molecule has 20 heavy (non-hydrogen) atoms. The van der Waals surface area contributed by atoms with Gasteiger partial charge >= 0.3 is 5.97 Å². The maximum Gasteiger partial charge on any atom is 0.308 e. The lowest BCUT2D eigenvalue weighted by Gasteiger charge is -2.20. The van der Waals surface area contributed by atoms with Crippen LogP contribution >= 0.6 is 11.3 Å². The van der Waals surface area contributed by atoms with E-state index in [0.29, 0.717) is 19.0 Å². The highest BCUT2D eigenvalue weighted by Gasteiger charge is 2.47. The molecular formula is C15H19NO3S. The highest BCUT2D eigenvalue weighted by Crippen LogP contribution is 2.44. The molecule has 1 saturated heterocycles. The fraction of sp³-hybridized carbons (Fsp3) is 0.600. The van der Waals surface area contributed by atoms with E-state index in [1.165, 1.54) is 0 Å². The molecule has 1 saturated carbocycles. The lowest BCUT2D eigenvalue weighted by molar-refractivity contribution is -0.142. The van der Waals surface area contributed by atoms with Crippen molar-refractivity contribution in [3.8, 4) is 0 Å². The third kappa shape index (κ3) is 2.46. The number of rotatable bonds is 4. The number of nitrogens with zero attached hydrogens (tertiary/aromatic N) is 1. The number of likely N-dealkylation sites (tertiary alicyclic amines) is 1. The zero-order valence-corrected chi connectivity index (χ0v) is 12.3. The first kappa shape index (κ1) is 13.6. The van der Waals surface area contributed by atoms with Gasteiger partial charge in [0.2, 0.25) is 5.91 Å². The monoisotopic (exact) mass is 293 g/mol. The second-order valence-electron chi connectivity index (χ2n) is 5.97. The van der Waals surface area contributed by atoms with Crippen LogP contribution in [0, 0.1) is 17.8 Å². The summed E-state index contributed by atoms with van der Waals surface area (Å²) < 4.78 is 0. The summed E-state index contributed by atoms with van der Waals surface area (Å²) in [4.78, 5) is 25.7. The molecule has 0 radical (unpaired) electrons. The first-order chi connectivity index (χ1) is 9.58. The van der Waals surface area contributed by atoms with Gasteiger partial charge in [-0.3, -0.25) is 9.59 Å². The number of carboxylic acid groups (broad SMARTS) is 1. The van der Waals surface area contributed by atoms with Crippen molar-refractivity contribution >= 4 is 23.2 Å². The van der Waals surface area contributed by atoms with Crippen molar-refractivity contribution < 1.29 is 14.7 Å². The smallest absolute Gasteiger partial charge is 0.308 e. The molecule has 1 N–H and O–H groups in total. The minimum atomic E-state index is -0.750. The van der Waals surface area contributed by atoms with Crippen LogP contribution in [0.25, 0.3) is 0 Å². The second kappa shape index (κ2) is 5.20. The van der Waals surface area contributed by atoms with Crippen molar-refractivity contribution in [2.45, 2.75) is 25.7 Å². The van der Waals surface area contributed by atoms with E-state index in [1.807, 2.05) is 23.8 Å². The molecule has 1 aliphatic carbocycles. The predicted molar refractivity (Wildman–Crippen MR) is 76.7 cm³/mol. The summed E-state index contributed by atoms with van der Waals surface area (Å²) in [5.41, 5.74) is 1.03. The van der Waals surface area contributed by atoms with Crippen LogP contribution in [0.2, 0.25) is 0 Å². The fourth-order valence-electron chi connectivity index (χ4n) is 3.21. The number of carbonyl (C=O) groups is 2. The van der Waals surface area contributed by atoms with Gasteiger partial charge in [-0.1, -0.05) is 0 Å². The van der Waals surface area contributed by atoms with Gasteiger partial charge in [0.15, 0.2) is 0 Å². The van der Waals surface area contributed by atoms with Crippen LogP contribution in [-0.4, -0.2) is 35.0 Å². The van der Waals surface area contributed by atoms with Gasteiger partial charge < -0.3 is 10.0 Å². The van der Waals surface area contributed by atoms with Gasteiger partial charge in [-0.05, 0) is 54.0 Å². The van der Waals surface area contributed by atoms with E-state index in [4.69, 9.17) is 0 Å². The van der Waals surface area contributed by atoms with Crippen molar-refractivity contribution in [3.05, 3.63) is 22.4 Å². The van der Waals surface area contributed by atoms with Crippen molar-refractivity contribution in [1.29, 1.82) is 0 Å². The molecule has 4 nitrogen and oxygen atoms in total. The number of carboxylic acids is 1. The van der Waals surface area contributed by atoms with E-state index in [0.717, 1.165) is 18.4 Å². The summed E-state index contributed by atoms with van der Waals surface area (Å²) in [6.07, 6.45) is 2.24. The molecule has 1 aromatic rings. The average Bonchev–Trinajstić information content (AvgIpc) is 2.96. The molecule has 1 amide bonds. The van der Waals surface area contributed by atoms with Crippen molar-refractivity contribution in [2.24, 2.45) is 17.8 Å². The van der Waals surface area contributed by atoms with Gasteiger partial charge in [0.05, 0.1) is 11.8 Å². The Morgan fingerprint density at radius 1 is 1.40 bits per heavy atom. The van der Waals surface area contributed by atoms with Gasteiger partial charge in [-0.25, -0.2) is 0 Å². The number of amides is 1. The summed E-state index contributed by atoms with van der Waals surface area (Å²) in [6.45, 7) is 2.91. The van der Waals surface area contributed by atoms with E-state index < -0.39 is 5.97 Å². The zero-order valence-electron chi connectivity index (χ0n) is 11.5. The number of thiophene rings is 1. The summed E-state index contributed by atoms with van der Waals surface area (Å²) in [7, 11) is 0. The third-order valence-corrected chi connectivity index (χ3v) is 5.34. The Morgan fingerprint density at radius 2 is 2.15 bits per heavy atom. The quantitative estimate of drug-likeness (QED) is 0.927. The SMILES string of the molecule is CC(C(=O)N1C[C@H](C(=O)O)[C@@H](C2CC2)C1)c1ccsc1. The first-order valence-electron chi connectivity index (χ1n) is 7.11. The molecule has 5 heteroatoms. The van der Waals surface area contributed by atoms with Crippen LogP contribution in [0.3, 0.4) is 0 Å². The minimum absolute atomic E-state index is 0.0674. The van der Waals surface area contributed by atoms with Crippen LogP contribution in [0.15, 0.2) is 16.8 Å². The molecule has 1 aliphatic heterocycles. The van der Waals surface area contributed by atoms with E-state index in [1.54, 1.807) is 16.2 Å². The van der Waals surface area contributed by atoms with Crippen molar-refractivity contribution in [1.82, 2.24) is 4.90 Å². The molecule has 0 aromatic carbocycles. The molecule has 1 aromatic heterocycles. The van der Waals surface area contributed by atoms with Crippen molar-refractivity contribution in [2.75, 3.05) is 13.1 Å². The molecule has 2 fully saturated rings. The Kier molecular flexibility index (Phi) is 3.54. The standard InChI is InChI=1S/C15H19NO3S/c1-9(11-4-5-20-8-11)14(17)16-6-12(10-2-3-10)13(7-16)15(18)19/h4-5,8-10,12-13H,2-3,6-7H2,1H3,(H,18,19)/t9?,12-,13+/m1/s1. The molecule has 3 rings (SSSR count). The van der Waals surface area contributed by atoms with E-state index in [-0.39, 0.29) is 23.7 Å². The average molecular weight is 293 g/mol. The fourth-order valence-corrected chi connectivity index (χ4v) is 3.96. The van der Waals surface area contributed by atoms with Crippen LogP contribution in [0.4, 0.5) is 0 Å². The Labute approximate surface area is 122 Å². The second-order valence-corrected chi connectivity index (χ2v) is 6.75. The van der Waals surface area contributed by atoms with Crippen molar-refractivity contribution in [3.63, 3.8) is 0 Å². The van der Waals surface area contributed by atoms with Gasteiger partial charge in [0.25, 0.3) is 0 Å². The summed E-state index contributed by atoms with van der Waals surface area (Å²) in [5.74, 6) is -0.551. The normalized spacial score (nSPS) is 27.6. The largest absolute Gasteiger partial charge is 0.481 e. The maximum absolute atomic E-state index is 12.5. The molecule has 0 spiro atoms. The minimum Gasteiger partial charge on any atom is -0.481 e. The molecule has 1 unspecified atom stereocenters. The van der Waals surface area contributed by atoms with Gasteiger partial charge in [0, 0.05) is 13.1 Å². The molecule has 3 atom stereocenters. The van der Waals surface area contributed by atoms with Gasteiger partial charge in [0.1, 0.15) is 0 Å². The predicted octanol–water partition coefficient (Wildman–Crippen LogP) is 2.42. The van der Waals surface area contributed by atoms with Gasteiger partial charge in [-0.15, -0.1) is 0 Å². The lowest BCUT2D eigenvalue weighted by atomic mass is 9.92. The number of carbonyl (C=O) groups excluding carboxylic acids is 1. The Bertz CT molecular complexity index is 509. The third-order valence-electron chi connectivity index (χ3n) is 4.64. The number of aliphatic carboxylic acids is 1. The zero-order chi connectivity index (χ0) is 14.3. The Morgan fingerprint density at radius 3 is 2.70 bits per heavy atom. The van der Waals surface area contributed by atoms with Crippen LogP contribution in [0.1, 0.15) is 31.2 Å². The van der Waals surface area contributed by atoms with Crippen LogP contribution < -0.4 is 0 Å². The first-order valence-corrected chi connectivity index (χ1v) is 8.06. The number of hydrogen-bond donors (Lipinski definition) is 1. The topological polar surface area (TPSA) is 57.6 Å². The summed E-state index contributed by atoms with van der Waals surface area (Å²) in [6, 6.07) is 1.97. The molecule has 108 valence electrons. The van der Waals surface area contributed by atoms with E-state index in [2.05, 4.69) is 0 Å². The highest BCUT2D eigenvalue weighted by molar-refractivity contribution is 7.08. The summed E-state index contributed by atoms with van der Waals surface area (Å²) in [5, 5.41) is 13.3. The van der Waals surface area contributed by atoms with Crippen LogP contribution in [-0.2, 0) is 9.59 Å². The highest BCUT2D eigenvalue weighted by atomic mass is 32.1. The van der Waals surface area contributed by atoms with E-state index >= 15 is 0 Å². The lowest BCUT2D eigenvalue weighted by Crippen LogP contribution is -2.33. The summed E-state index contributed by atoms with van der Waals surface area (Å²) >= 11 is 1.58. The van der Waals surface area contributed by atoms with Crippen LogP contribution in [0.5, 0.6) is 0 Å². The molecular weight excluding hydrogens is 274 g/mol. The Balaban J connectivity index is 1.71. The van der Waals surface area contributed by atoms with E-state index in [9.17, 15) is 14.7 Å². The van der Waals surface area contributed by atoms with Gasteiger partial charge in [-0.2, -0.15) is 11.3 Å². The Hall–Kier alpha value is -1.36. The molecule has 2 heterocycles. The maximum atomic E-state index is 12.5. The molecule has 2 aliphatic rings. The molecule has 0 bridgehead atoms. The number of hydrogen-bond acceptors (Lipinski definition) is 3.